The van der Waals surface area contributed by atoms with Crippen molar-refractivity contribution in [1.82, 2.24) is 4.98 Å². The number of thiazole rings is 1. The van der Waals surface area contributed by atoms with Gasteiger partial charge in [-0.1, -0.05) is 32.6 Å². The van der Waals surface area contributed by atoms with Crippen LogP contribution in [0, 0.1) is 6.92 Å². The van der Waals surface area contributed by atoms with Gasteiger partial charge in [0.05, 0.1) is 16.4 Å². The van der Waals surface area contributed by atoms with Crippen LogP contribution in [-0.2, 0) is 4.79 Å². The maximum atomic E-state index is 12.6. The molecule has 0 fully saturated rings. The predicted molar refractivity (Wildman–Crippen MR) is 103 cm³/mol. The summed E-state index contributed by atoms with van der Waals surface area (Å²) in [5.41, 5.74) is 2.87. The Morgan fingerprint density at radius 2 is 2.04 bits per heavy atom. The van der Waals surface area contributed by atoms with Gasteiger partial charge in [-0.2, -0.15) is 0 Å². The zero-order chi connectivity index (χ0) is 17.8. The summed E-state index contributed by atoms with van der Waals surface area (Å²) < 4.78 is 5.81. The van der Waals surface area contributed by atoms with Crippen molar-refractivity contribution in [2.75, 3.05) is 11.4 Å². The van der Waals surface area contributed by atoms with Crippen LogP contribution in [0.2, 0.25) is 0 Å². The molecule has 0 aliphatic carbocycles. The Bertz CT molecular complexity index is 741. The lowest BCUT2D eigenvalue weighted by atomic mass is 10.1. The van der Waals surface area contributed by atoms with E-state index in [1.165, 1.54) is 19.3 Å². The van der Waals surface area contributed by atoms with E-state index in [0.717, 1.165) is 47.1 Å². The van der Waals surface area contributed by atoms with Gasteiger partial charge in [-0.3, -0.25) is 4.79 Å². The van der Waals surface area contributed by atoms with Gasteiger partial charge in [-0.25, -0.2) is 4.98 Å². The molecule has 1 unspecified atom stereocenters. The number of aromatic nitrogens is 1. The monoisotopic (exact) mass is 358 g/mol. The zero-order valence-corrected chi connectivity index (χ0v) is 16.1. The fraction of sp³-hybridized carbons (Fsp3) is 0.500. The van der Waals surface area contributed by atoms with E-state index in [2.05, 4.69) is 17.3 Å². The van der Waals surface area contributed by atoms with Gasteiger partial charge >= 0.3 is 0 Å². The minimum Gasteiger partial charge on any atom is -0.479 e. The average Bonchev–Trinajstić information content (AvgIpc) is 3.04. The summed E-state index contributed by atoms with van der Waals surface area (Å²) in [6.07, 6.45) is 5.49. The smallest absolute Gasteiger partial charge is 0.267 e. The summed E-state index contributed by atoms with van der Waals surface area (Å²) in [6.45, 7) is 6.80. The van der Waals surface area contributed by atoms with Crippen LogP contribution in [0.5, 0.6) is 5.75 Å². The van der Waals surface area contributed by atoms with Gasteiger partial charge in [-0.15, -0.1) is 11.3 Å². The molecule has 1 aromatic carbocycles. The van der Waals surface area contributed by atoms with E-state index < -0.39 is 6.10 Å². The second kappa shape index (κ2) is 8.00. The van der Waals surface area contributed by atoms with Gasteiger partial charge < -0.3 is 9.64 Å². The number of aryl methyl sites for hydroxylation is 1. The van der Waals surface area contributed by atoms with Crippen molar-refractivity contribution in [3.05, 3.63) is 28.6 Å². The van der Waals surface area contributed by atoms with Gasteiger partial charge in [0, 0.05) is 17.5 Å². The SMILES string of the molecule is CCCCCCCN1C(=O)C(C)Oc2ccc(-c3csc(C)n3)cc21. The predicted octanol–water partition coefficient (Wildman–Crippen LogP) is 5.20. The van der Waals surface area contributed by atoms with Gasteiger partial charge in [0.1, 0.15) is 5.75 Å². The van der Waals surface area contributed by atoms with E-state index in [0.29, 0.717) is 0 Å². The number of carbonyl (C=O) groups excluding carboxylic acids is 1. The number of benzene rings is 1. The second-order valence-electron chi connectivity index (χ2n) is 6.60. The van der Waals surface area contributed by atoms with Crippen LogP contribution < -0.4 is 9.64 Å². The third kappa shape index (κ3) is 4.03. The number of rotatable bonds is 7. The molecule has 134 valence electrons. The highest BCUT2D eigenvalue weighted by molar-refractivity contribution is 7.09. The maximum absolute atomic E-state index is 12.6. The van der Waals surface area contributed by atoms with E-state index >= 15 is 0 Å². The van der Waals surface area contributed by atoms with Gasteiger partial charge in [0.15, 0.2) is 6.10 Å². The van der Waals surface area contributed by atoms with Crippen molar-refractivity contribution >= 4 is 22.9 Å². The Kier molecular flexibility index (Phi) is 5.74. The van der Waals surface area contributed by atoms with Crippen molar-refractivity contribution in [1.29, 1.82) is 0 Å². The van der Waals surface area contributed by atoms with Crippen LogP contribution in [0.3, 0.4) is 0 Å². The summed E-state index contributed by atoms with van der Waals surface area (Å²) in [6, 6.07) is 6.03. The van der Waals surface area contributed by atoms with Crippen LogP contribution in [0.1, 0.15) is 51.0 Å². The molecule has 5 heteroatoms. The molecule has 0 saturated carbocycles. The Morgan fingerprint density at radius 1 is 1.24 bits per heavy atom. The normalized spacial score (nSPS) is 16.7. The first-order chi connectivity index (χ1) is 12.1. The Balaban J connectivity index is 1.82. The molecule has 2 heterocycles. The first-order valence-corrected chi connectivity index (χ1v) is 10.0. The van der Waals surface area contributed by atoms with Crippen molar-refractivity contribution in [2.45, 2.75) is 59.0 Å². The molecule has 0 radical (unpaired) electrons. The first-order valence-electron chi connectivity index (χ1n) is 9.14. The van der Waals surface area contributed by atoms with Crippen molar-refractivity contribution in [3.8, 4) is 17.0 Å². The van der Waals surface area contributed by atoms with E-state index in [9.17, 15) is 4.79 Å². The fourth-order valence-corrected chi connectivity index (χ4v) is 3.79. The lowest BCUT2D eigenvalue weighted by Gasteiger charge is -2.33. The molecule has 25 heavy (non-hydrogen) atoms. The van der Waals surface area contributed by atoms with E-state index in [1.807, 2.05) is 36.9 Å². The summed E-state index contributed by atoms with van der Waals surface area (Å²) in [5, 5.41) is 3.10. The van der Waals surface area contributed by atoms with Crippen LogP contribution in [-0.4, -0.2) is 23.5 Å². The number of anilines is 1. The standard InChI is InChI=1S/C20H26N2O2S/c1-4-5-6-7-8-11-22-18-12-16(17-13-25-15(3)21-17)9-10-19(18)24-14(2)20(22)23/h9-10,12-14H,4-8,11H2,1-3H3. The number of carbonyl (C=O) groups is 1. The summed E-state index contributed by atoms with van der Waals surface area (Å²) in [5.74, 6) is 0.839. The Labute approximate surface area is 153 Å². The second-order valence-corrected chi connectivity index (χ2v) is 7.66. The maximum Gasteiger partial charge on any atom is 0.267 e. The number of hydrogen-bond donors (Lipinski definition) is 0. The van der Waals surface area contributed by atoms with E-state index in [1.54, 1.807) is 11.3 Å². The average molecular weight is 359 g/mol. The molecule has 1 aliphatic heterocycles. The van der Waals surface area contributed by atoms with E-state index in [4.69, 9.17) is 4.74 Å². The number of amides is 1. The number of fused-ring (bicyclic) bond motifs is 1. The van der Waals surface area contributed by atoms with Gasteiger partial charge in [-0.05, 0) is 38.5 Å². The van der Waals surface area contributed by atoms with Crippen molar-refractivity contribution in [2.24, 2.45) is 0 Å². The number of unbranched alkanes of at least 4 members (excludes halogenated alkanes) is 4. The first kappa shape index (κ1) is 17.9. The molecule has 1 aliphatic rings. The molecular formula is C20H26N2O2S. The molecule has 4 nitrogen and oxygen atoms in total. The van der Waals surface area contributed by atoms with Crippen LogP contribution in [0.25, 0.3) is 11.3 Å². The molecule has 0 saturated heterocycles. The van der Waals surface area contributed by atoms with Crippen LogP contribution in [0.4, 0.5) is 5.69 Å². The zero-order valence-electron chi connectivity index (χ0n) is 15.2. The van der Waals surface area contributed by atoms with Crippen molar-refractivity contribution in [3.63, 3.8) is 0 Å². The summed E-state index contributed by atoms with van der Waals surface area (Å²) in [4.78, 5) is 19.1. The molecule has 2 aromatic rings. The number of nitrogens with zero attached hydrogens (tertiary/aromatic N) is 2. The van der Waals surface area contributed by atoms with Gasteiger partial charge in [0.2, 0.25) is 0 Å². The molecule has 1 amide bonds. The molecule has 1 aromatic heterocycles. The van der Waals surface area contributed by atoms with Crippen LogP contribution in [0.15, 0.2) is 23.6 Å². The molecule has 3 rings (SSSR count). The van der Waals surface area contributed by atoms with Crippen molar-refractivity contribution < 1.29 is 9.53 Å². The highest BCUT2D eigenvalue weighted by Crippen LogP contribution is 2.38. The highest BCUT2D eigenvalue weighted by Gasteiger charge is 2.31. The van der Waals surface area contributed by atoms with Crippen LogP contribution >= 0.6 is 11.3 Å². The Hall–Kier alpha value is -1.88. The molecule has 1 atom stereocenters. The molecule has 0 spiro atoms. The summed E-state index contributed by atoms with van der Waals surface area (Å²) >= 11 is 1.64. The number of ether oxygens (including phenoxy) is 1. The Morgan fingerprint density at radius 3 is 2.76 bits per heavy atom. The van der Waals surface area contributed by atoms with E-state index in [-0.39, 0.29) is 5.91 Å². The highest BCUT2D eigenvalue weighted by atomic mass is 32.1. The molecular weight excluding hydrogens is 332 g/mol. The fourth-order valence-electron chi connectivity index (χ4n) is 3.17. The number of hydrogen-bond acceptors (Lipinski definition) is 4. The quantitative estimate of drug-likeness (QED) is 0.639. The third-order valence-corrected chi connectivity index (χ3v) is 5.34. The lowest BCUT2D eigenvalue weighted by molar-refractivity contribution is -0.125. The summed E-state index contributed by atoms with van der Waals surface area (Å²) in [7, 11) is 0. The largest absolute Gasteiger partial charge is 0.479 e. The minimum absolute atomic E-state index is 0.0506. The minimum atomic E-state index is -0.421. The molecule has 0 N–H and O–H groups in total. The lowest BCUT2D eigenvalue weighted by Crippen LogP contribution is -2.44. The van der Waals surface area contributed by atoms with Gasteiger partial charge in [0.25, 0.3) is 5.91 Å². The topological polar surface area (TPSA) is 42.4 Å². The molecule has 0 bridgehead atoms. The third-order valence-electron chi connectivity index (χ3n) is 4.57.